The second kappa shape index (κ2) is 7.71. The number of hydrogen-bond acceptors (Lipinski definition) is 6. The zero-order valence-electron chi connectivity index (χ0n) is 13.5. The second-order valence-corrected chi connectivity index (χ2v) is 5.83. The Morgan fingerprint density at radius 3 is 2.69 bits per heavy atom. The fraction of sp³-hybridized carbons (Fsp3) is 0.0556. The van der Waals surface area contributed by atoms with Crippen LogP contribution < -0.4 is 5.32 Å². The summed E-state index contributed by atoms with van der Waals surface area (Å²) in [7, 11) is 0. The summed E-state index contributed by atoms with van der Waals surface area (Å²) in [5.74, 6) is 0. The zero-order chi connectivity index (χ0) is 18.5. The molecule has 8 heteroatoms. The van der Waals surface area contributed by atoms with Crippen LogP contribution in [0.1, 0.15) is 11.1 Å². The molecule has 3 aromatic rings. The first-order chi connectivity index (χ1) is 12.6. The number of halogens is 1. The SMILES string of the molecule is N=C/C(=C\NCc1ccc([N+](=O)[O-])cc1)c1cnc2ccc(Cl)nc2c1. The van der Waals surface area contributed by atoms with E-state index >= 15 is 0 Å². The molecule has 2 N–H and O–H groups in total. The number of hydrogen-bond donors (Lipinski definition) is 2. The number of aromatic nitrogens is 2. The minimum atomic E-state index is -0.433. The third-order valence-electron chi connectivity index (χ3n) is 3.70. The van der Waals surface area contributed by atoms with Crippen molar-refractivity contribution < 1.29 is 4.92 Å². The minimum Gasteiger partial charge on any atom is -0.386 e. The highest BCUT2D eigenvalue weighted by Crippen LogP contribution is 2.18. The molecule has 0 amide bonds. The Hall–Kier alpha value is -3.32. The predicted molar refractivity (Wildman–Crippen MR) is 101 cm³/mol. The van der Waals surface area contributed by atoms with E-state index in [4.69, 9.17) is 17.0 Å². The molecule has 2 aromatic heterocycles. The van der Waals surface area contributed by atoms with Gasteiger partial charge in [0.2, 0.25) is 0 Å². The summed E-state index contributed by atoms with van der Waals surface area (Å²) in [6, 6.07) is 11.6. The maximum absolute atomic E-state index is 10.7. The fourth-order valence-corrected chi connectivity index (χ4v) is 2.52. The number of non-ortho nitro benzene ring substituents is 1. The Bertz CT molecular complexity index is 1000. The number of allylic oxidation sites excluding steroid dienone is 1. The molecule has 0 saturated heterocycles. The Labute approximate surface area is 154 Å². The highest BCUT2D eigenvalue weighted by molar-refractivity contribution is 6.29. The summed E-state index contributed by atoms with van der Waals surface area (Å²) in [4.78, 5) is 18.8. The Balaban J connectivity index is 1.75. The largest absolute Gasteiger partial charge is 0.386 e. The van der Waals surface area contributed by atoms with Crippen molar-refractivity contribution >= 4 is 40.1 Å². The van der Waals surface area contributed by atoms with Crippen molar-refractivity contribution in [3.05, 3.63) is 81.3 Å². The van der Waals surface area contributed by atoms with Crippen molar-refractivity contribution in [3.63, 3.8) is 0 Å². The van der Waals surface area contributed by atoms with Crippen LogP contribution in [0.25, 0.3) is 16.6 Å². The molecule has 3 rings (SSSR count). The molecule has 26 heavy (non-hydrogen) atoms. The average Bonchev–Trinajstić information content (AvgIpc) is 2.65. The van der Waals surface area contributed by atoms with Crippen LogP contribution in [-0.2, 0) is 6.54 Å². The third-order valence-corrected chi connectivity index (χ3v) is 3.91. The molecule has 0 aliphatic rings. The molecular formula is C18H14ClN5O2. The first-order valence-electron chi connectivity index (χ1n) is 7.67. The van der Waals surface area contributed by atoms with Crippen molar-refractivity contribution in [1.82, 2.24) is 15.3 Å². The van der Waals surface area contributed by atoms with E-state index in [0.717, 1.165) is 16.6 Å². The van der Waals surface area contributed by atoms with Gasteiger partial charge in [0.15, 0.2) is 0 Å². The van der Waals surface area contributed by atoms with Gasteiger partial charge in [-0.3, -0.25) is 15.1 Å². The van der Waals surface area contributed by atoms with Gasteiger partial charge in [0.1, 0.15) is 5.15 Å². The van der Waals surface area contributed by atoms with E-state index in [1.165, 1.54) is 18.3 Å². The van der Waals surface area contributed by atoms with E-state index in [9.17, 15) is 10.1 Å². The highest BCUT2D eigenvalue weighted by atomic mass is 35.5. The van der Waals surface area contributed by atoms with Gasteiger partial charge in [0.05, 0.1) is 16.0 Å². The molecule has 0 spiro atoms. The van der Waals surface area contributed by atoms with Crippen LogP contribution in [0.2, 0.25) is 5.15 Å². The van der Waals surface area contributed by atoms with Crippen molar-refractivity contribution in [2.24, 2.45) is 0 Å². The molecule has 2 heterocycles. The van der Waals surface area contributed by atoms with Gasteiger partial charge >= 0.3 is 0 Å². The summed E-state index contributed by atoms with van der Waals surface area (Å²) >= 11 is 5.91. The zero-order valence-corrected chi connectivity index (χ0v) is 14.3. The first kappa shape index (κ1) is 17.5. The van der Waals surface area contributed by atoms with Gasteiger partial charge in [-0.25, -0.2) is 4.98 Å². The number of nitrogens with one attached hydrogen (secondary N) is 2. The van der Waals surface area contributed by atoms with Crippen LogP contribution in [0, 0.1) is 15.5 Å². The lowest BCUT2D eigenvalue weighted by Crippen LogP contribution is -2.06. The lowest BCUT2D eigenvalue weighted by molar-refractivity contribution is -0.384. The fourth-order valence-electron chi connectivity index (χ4n) is 2.36. The Kier molecular flexibility index (Phi) is 5.19. The maximum atomic E-state index is 10.7. The maximum Gasteiger partial charge on any atom is 0.269 e. The first-order valence-corrected chi connectivity index (χ1v) is 8.04. The number of nitrogens with zero attached hydrogens (tertiary/aromatic N) is 3. The lowest BCUT2D eigenvalue weighted by Gasteiger charge is -2.06. The summed E-state index contributed by atoms with van der Waals surface area (Å²) in [6.45, 7) is 0.473. The molecule has 0 saturated carbocycles. The van der Waals surface area contributed by atoms with Gasteiger partial charge in [0, 0.05) is 48.4 Å². The number of fused-ring (bicyclic) bond motifs is 1. The van der Waals surface area contributed by atoms with Gasteiger partial charge in [-0.2, -0.15) is 0 Å². The van der Waals surface area contributed by atoms with Crippen molar-refractivity contribution in [2.75, 3.05) is 0 Å². The summed E-state index contributed by atoms with van der Waals surface area (Å²) < 4.78 is 0. The average molecular weight is 368 g/mol. The quantitative estimate of drug-likeness (QED) is 0.297. The van der Waals surface area contributed by atoms with E-state index in [1.54, 1.807) is 36.7 Å². The molecule has 130 valence electrons. The number of rotatable bonds is 6. The van der Waals surface area contributed by atoms with E-state index < -0.39 is 4.92 Å². The van der Waals surface area contributed by atoms with Crippen LogP contribution in [0.4, 0.5) is 5.69 Å². The van der Waals surface area contributed by atoms with Crippen LogP contribution in [0.5, 0.6) is 0 Å². The van der Waals surface area contributed by atoms with E-state index in [-0.39, 0.29) is 5.69 Å². The number of nitro groups is 1. The number of benzene rings is 1. The van der Waals surface area contributed by atoms with E-state index in [2.05, 4.69) is 15.3 Å². The number of nitro benzene ring substituents is 1. The van der Waals surface area contributed by atoms with Gasteiger partial charge in [-0.1, -0.05) is 23.7 Å². The van der Waals surface area contributed by atoms with E-state index in [0.29, 0.717) is 22.8 Å². The Morgan fingerprint density at radius 1 is 1.23 bits per heavy atom. The standard InChI is InChI=1S/C18H14ClN5O2/c19-18-6-5-16-17(23-18)7-13(11-22-16)14(8-20)10-21-9-12-1-3-15(4-2-12)24(25)26/h1-8,10-11,20-21H,9H2/b14-10+,20-8?. The molecule has 0 atom stereocenters. The Morgan fingerprint density at radius 2 is 2.00 bits per heavy atom. The normalized spacial score (nSPS) is 11.3. The summed E-state index contributed by atoms with van der Waals surface area (Å²) in [6.07, 6.45) is 4.58. The van der Waals surface area contributed by atoms with Gasteiger partial charge in [-0.15, -0.1) is 0 Å². The van der Waals surface area contributed by atoms with Crippen molar-refractivity contribution in [1.29, 1.82) is 5.41 Å². The topological polar surface area (TPSA) is 105 Å². The molecule has 0 bridgehead atoms. The second-order valence-electron chi connectivity index (χ2n) is 5.44. The van der Waals surface area contributed by atoms with E-state index in [1.807, 2.05) is 6.07 Å². The molecular weight excluding hydrogens is 354 g/mol. The third kappa shape index (κ3) is 4.01. The highest BCUT2D eigenvalue weighted by Gasteiger charge is 2.05. The van der Waals surface area contributed by atoms with Crippen molar-refractivity contribution in [2.45, 2.75) is 6.54 Å². The molecule has 0 aliphatic carbocycles. The van der Waals surface area contributed by atoms with Gasteiger partial charge in [0.25, 0.3) is 5.69 Å². The van der Waals surface area contributed by atoms with Crippen LogP contribution in [0.15, 0.2) is 54.9 Å². The van der Waals surface area contributed by atoms with Crippen LogP contribution >= 0.6 is 11.6 Å². The summed E-state index contributed by atoms with van der Waals surface area (Å²) in [5.41, 5.74) is 3.68. The molecule has 0 fully saturated rings. The summed E-state index contributed by atoms with van der Waals surface area (Å²) in [5, 5.41) is 21.8. The smallest absolute Gasteiger partial charge is 0.269 e. The van der Waals surface area contributed by atoms with Gasteiger partial charge in [-0.05, 0) is 23.8 Å². The van der Waals surface area contributed by atoms with Crippen LogP contribution in [0.3, 0.4) is 0 Å². The van der Waals surface area contributed by atoms with Gasteiger partial charge < -0.3 is 10.7 Å². The van der Waals surface area contributed by atoms with Crippen LogP contribution in [-0.4, -0.2) is 21.1 Å². The molecule has 0 aliphatic heterocycles. The predicted octanol–water partition coefficient (Wildman–Crippen LogP) is 3.97. The number of pyridine rings is 2. The molecule has 0 unspecified atom stereocenters. The minimum absolute atomic E-state index is 0.0536. The molecule has 7 nitrogen and oxygen atoms in total. The lowest BCUT2D eigenvalue weighted by atomic mass is 10.1. The monoisotopic (exact) mass is 367 g/mol. The molecule has 1 aromatic carbocycles. The van der Waals surface area contributed by atoms with Crippen molar-refractivity contribution in [3.8, 4) is 0 Å². The molecule has 0 radical (unpaired) electrons.